The molecule has 3 heterocycles. The molecule has 3 aliphatic rings. The fraction of sp³-hybridized carbons (Fsp3) is 0.216. The maximum atomic E-state index is 14.9. The predicted octanol–water partition coefficient (Wildman–Crippen LogP) is 6.63. The van der Waals surface area contributed by atoms with Gasteiger partial charge in [-0.1, -0.05) is 80.1 Å². The Morgan fingerprint density at radius 2 is 1.53 bits per heavy atom. The van der Waals surface area contributed by atoms with Gasteiger partial charge >= 0.3 is 0 Å². The van der Waals surface area contributed by atoms with Crippen molar-refractivity contribution >= 4 is 29.2 Å². The lowest BCUT2D eigenvalue weighted by molar-refractivity contribution is -0.122. The van der Waals surface area contributed by atoms with Crippen LogP contribution in [-0.2, 0) is 16.6 Å². The number of fused-ring (bicyclic) bond motifs is 6. The van der Waals surface area contributed by atoms with Gasteiger partial charge in [-0.05, 0) is 65.1 Å². The Morgan fingerprint density at radius 1 is 0.860 bits per heavy atom. The zero-order valence-corrected chi connectivity index (χ0v) is 24.1. The Bertz CT molecular complexity index is 1780. The van der Waals surface area contributed by atoms with Crippen LogP contribution in [0.3, 0.4) is 0 Å². The summed E-state index contributed by atoms with van der Waals surface area (Å²) in [6.45, 7) is 2.12. The van der Waals surface area contributed by atoms with E-state index in [9.17, 15) is 14.4 Å². The number of nitrogens with one attached hydrogen (secondary N) is 1. The van der Waals surface area contributed by atoms with Crippen molar-refractivity contribution in [3.05, 3.63) is 137 Å². The molecular weight excluding hydrogens is 536 g/mol. The lowest BCUT2D eigenvalue weighted by Gasteiger charge is -2.38. The van der Waals surface area contributed by atoms with Gasteiger partial charge in [0.05, 0.1) is 19.1 Å². The molecule has 4 aromatic carbocycles. The molecule has 0 unspecified atom stereocenters. The molecule has 1 spiro atoms. The van der Waals surface area contributed by atoms with Gasteiger partial charge in [0, 0.05) is 23.0 Å². The van der Waals surface area contributed by atoms with Crippen molar-refractivity contribution in [2.75, 3.05) is 12.4 Å². The molecular formula is C37H32N2O4. The molecule has 214 valence electrons. The topological polar surface area (TPSA) is 75.7 Å². The molecule has 0 bridgehead atoms. The van der Waals surface area contributed by atoms with Crippen molar-refractivity contribution in [3.8, 4) is 5.75 Å². The number of carbonyl (C=O) groups is 3. The Hall–Kier alpha value is -4.97. The fourth-order valence-corrected chi connectivity index (χ4v) is 7.40. The van der Waals surface area contributed by atoms with Crippen molar-refractivity contribution in [2.45, 2.75) is 37.3 Å². The molecule has 0 saturated carbocycles. The van der Waals surface area contributed by atoms with Crippen LogP contribution >= 0.6 is 0 Å². The van der Waals surface area contributed by atoms with Gasteiger partial charge in [0.2, 0.25) is 5.91 Å². The number of aryl methyl sites for hydroxylation is 1. The number of nitrogens with zero attached hydrogens (tertiary/aromatic N) is 1. The number of carbonyl (C=O) groups excluding carboxylic acids is 3. The van der Waals surface area contributed by atoms with Crippen molar-refractivity contribution in [2.24, 2.45) is 5.92 Å². The van der Waals surface area contributed by atoms with Crippen molar-refractivity contribution in [1.82, 2.24) is 4.90 Å². The van der Waals surface area contributed by atoms with E-state index < -0.39 is 23.4 Å². The van der Waals surface area contributed by atoms with Gasteiger partial charge in [0.15, 0.2) is 11.6 Å². The van der Waals surface area contributed by atoms with Gasteiger partial charge in [0.25, 0.3) is 0 Å². The molecule has 6 nitrogen and oxygen atoms in total. The number of para-hydroxylation sites is 1. The quantitative estimate of drug-likeness (QED) is 0.253. The summed E-state index contributed by atoms with van der Waals surface area (Å²) in [4.78, 5) is 46.1. The van der Waals surface area contributed by atoms with Gasteiger partial charge in [-0.25, -0.2) is 0 Å². The number of Topliss-reactive ketones (excluding diaryl/α,β-unsaturated/α-hetero) is 2. The van der Waals surface area contributed by atoms with Gasteiger partial charge in [-0.3, -0.25) is 14.4 Å². The van der Waals surface area contributed by atoms with Crippen LogP contribution in [0.4, 0.5) is 5.69 Å². The van der Waals surface area contributed by atoms with Crippen LogP contribution in [-0.4, -0.2) is 35.5 Å². The summed E-state index contributed by atoms with van der Waals surface area (Å²) in [5.41, 5.74) is 4.04. The zero-order chi connectivity index (χ0) is 29.7. The number of hydrogen-bond donors (Lipinski definition) is 1. The highest BCUT2D eigenvalue weighted by Gasteiger charge is 2.70. The number of hydrogen-bond acceptors (Lipinski definition) is 5. The van der Waals surface area contributed by atoms with Crippen LogP contribution in [0.25, 0.3) is 6.08 Å². The van der Waals surface area contributed by atoms with Crippen LogP contribution < -0.4 is 10.1 Å². The third-order valence-corrected chi connectivity index (χ3v) is 9.27. The minimum atomic E-state index is -1.34. The first-order chi connectivity index (χ1) is 21.0. The summed E-state index contributed by atoms with van der Waals surface area (Å²) in [7, 11) is 1.58. The van der Waals surface area contributed by atoms with E-state index in [-0.39, 0.29) is 17.5 Å². The first-order valence-corrected chi connectivity index (χ1v) is 14.8. The van der Waals surface area contributed by atoms with E-state index in [1.54, 1.807) is 31.4 Å². The molecule has 6 heteroatoms. The van der Waals surface area contributed by atoms with Crippen molar-refractivity contribution < 1.29 is 19.1 Å². The third kappa shape index (κ3) is 3.97. The molecule has 4 aromatic rings. The Kier molecular flexibility index (Phi) is 6.50. The lowest BCUT2D eigenvalue weighted by Crippen LogP contribution is -2.49. The van der Waals surface area contributed by atoms with Crippen molar-refractivity contribution in [3.63, 3.8) is 0 Å². The molecule has 0 aliphatic carbocycles. The van der Waals surface area contributed by atoms with Gasteiger partial charge in [0.1, 0.15) is 17.2 Å². The van der Waals surface area contributed by atoms with E-state index in [1.165, 1.54) is 0 Å². The second kappa shape index (κ2) is 10.4. The number of anilines is 1. The standard InChI is InChI=1S/C37H32N2O4/c1-3-8-23-13-15-25(16-14-23)33(40)31-32(34(41)26-17-19-27(43-2)20-18-26)39-22-21-24-9-4-5-10-28(24)35(39)37(31)29-11-6-7-12-30(29)38-36(37)42/h4-7,9-22,31-32,35H,3,8H2,1-2H3,(H,38,42)/t31-,32-,35-,37-/m1/s1. The average Bonchev–Trinajstić information content (AvgIpc) is 3.53. The highest BCUT2D eigenvalue weighted by molar-refractivity contribution is 6.16. The summed E-state index contributed by atoms with van der Waals surface area (Å²) >= 11 is 0. The number of amides is 1. The smallest absolute Gasteiger partial charge is 0.238 e. The molecule has 1 saturated heterocycles. The number of ketones is 2. The summed E-state index contributed by atoms with van der Waals surface area (Å²) < 4.78 is 5.33. The van der Waals surface area contributed by atoms with E-state index >= 15 is 0 Å². The lowest BCUT2D eigenvalue weighted by atomic mass is 9.62. The van der Waals surface area contributed by atoms with Crippen LogP contribution in [0, 0.1) is 5.92 Å². The highest BCUT2D eigenvalue weighted by Crippen LogP contribution is 2.62. The van der Waals surface area contributed by atoms with E-state index in [2.05, 4.69) is 12.2 Å². The van der Waals surface area contributed by atoms with Crippen LogP contribution in [0.2, 0.25) is 0 Å². The zero-order valence-electron chi connectivity index (χ0n) is 24.1. The van der Waals surface area contributed by atoms with Gasteiger partial charge in [-0.15, -0.1) is 0 Å². The fourth-order valence-electron chi connectivity index (χ4n) is 7.40. The monoisotopic (exact) mass is 568 g/mol. The maximum Gasteiger partial charge on any atom is 0.238 e. The predicted molar refractivity (Wildman–Crippen MR) is 166 cm³/mol. The SMILES string of the molecule is CCCc1ccc(C(=O)[C@H]2[C@H](C(=O)c3ccc(OC)cc3)N3C=Cc4ccccc4[C@@H]3[C@]23C(=O)Nc2ccccc23)cc1. The maximum absolute atomic E-state index is 14.9. The molecule has 7 rings (SSSR count). The molecule has 43 heavy (non-hydrogen) atoms. The molecule has 3 aliphatic heterocycles. The third-order valence-electron chi connectivity index (χ3n) is 9.27. The molecule has 1 fully saturated rings. The number of rotatable bonds is 7. The minimum Gasteiger partial charge on any atom is -0.497 e. The number of methoxy groups -OCH3 is 1. The Labute approximate surface area is 251 Å². The normalized spacial score (nSPS) is 23.0. The van der Waals surface area contributed by atoms with E-state index in [1.807, 2.05) is 90.0 Å². The molecule has 0 radical (unpaired) electrons. The highest BCUT2D eigenvalue weighted by atomic mass is 16.5. The molecule has 1 amide bonds. The summed E-state index contributed by atoms with van der Waals surface area (Å²) in [5.74, 6) is -1.06. The largest absolute Gasteiger partial charge is 0.497 e. The van der Waals surface area contributed by atoms with Crippen LogP contribution in [0.1, 0.15) is 62.4 Å². The van der Waals surface area contributed by atoms with Crippen LogP contribution in [0.5, 0.6) is 5.75 Å². The first-order valence-electron chi connectivity index (χ1n) is 14.8. The molecule has 4 atom stereocenters. The van der Waals surface area contributed by atoms with Gasteiger partial charge < -0.3 is 15.0 Å². The number of benzene rings is 4. The second-order valence-corrected chi connectivity index (χ2v) is 11.5. The Balaban J connectivity index is 1.48. The molecule has 1 N–H and O–H groups in total. The van der Waals surface area contributed by atoms with E-state index in [0.29, 0.717) is 22.6 Å². The summed E-state index contributed by atoms with van der Waals surface area (Å²) in [6, 6.07) is 28.6. The van der Waals surface area contributed by atoms with E-state index in [4.69, 9.17) is 4.74 Å². The summed E-state index contributed by atoms with van der Waals surface area (Å²) in [5, 5.41) is 3.10. The molecule has 0 aromatic heterocycles. The van der Waals surface area contributed by atoms with E-state index in [0.717, 1.165) is 35.1 Å². The Morgan fingerprint density at radius 3 is 2.28 bits per heavy atom. The van der Waals surface area contributed by atoms with Crippen LogP contribution in [0.15, 0.2) is 103 Å². The van der Waals surface area contributed by atoms with Gasteiger partial charge in [-0.2, -0.15) is 0 Å². The average molecular weight is 569 g/mol. The summed E-state index contributed by atoms with van der Waals surface area (Å²) in [6.07, 6.45) is 5.77. The minimum absolute atomic E-state index is 0.216. The first kappa shape index (κ1) is 26.9. The second-order valence-electron chi connectivity index (χ2n) is 11.5. The number of ether oxygens (including phenoxy) is 1. The van der Waals surface area contributed by atoms with Crippen molar-refractivity contribution in [1.29, 1.82) is 0 Å².